The largest absolute Gasteiger partial charge is 0.334 e. The number of H-pyrrole nitrogens is 1. The second kappa shape index (κ2) is 5.79. The van der Waals surface area contributed by atoms with Gasteiger partial charge in [-0.3, -0.25) is 9.59 Å². The van der Waals surface area contributed by atoms with Gasteiger partial charge in [0.25, 0.3) is 5.91 Å². The van der Waals surface area contributed by atoms with Gasteiger partial charge in [0.15, 0.2) is 0 Å². The number of aromatic amines is 1. The summed E-state index contributed by atoms with van der Waals surface area (Å²) in [6.45, 7) is 1.80. The minimum atomic E-state index is -0.220. The van der Waals surface area contributed by atoms with Crippen molar-refractivity contribution in [1.82, 2.24) is 15.2 Å². The van der Waals surface area contributed by atoms with Crippen LogP contribution in [0.4, 0.5) is 0 Å². The number of piperidine rings is 1. The number of carbonyl (C=O) groups excluding carboxylic acids is 1. The normalized spacial score (nSPS) is 22.5. The van der Waals surface area contributed by atoms with Crippen molar-refractivity contribution < 1.29 is 4.79 Å². The molecule has 0 radical (unpaired) electrons. The lowest BCUT2D eigenvalue weighted by Crippen LogP contribution is -2.46. The zero-order valence-electron chi connectivity index (χ0n) is 11.6. The van der Waals surface area contributed by atoms with Crippen LogP contribution < -0.4 is 10.9 Å². The zero-order valence-corrected chi connectivity index (χ0v) is 11.6. The molecule has 1 saturated heterocycles. The Morgan fingerprint density at radius 1 is 1.30 bits per heavy atom. The van der Waals surface area contributed by atoms with E-state index in [4.69, 9.17) is 0 Å². The number of rotatable bonds is 4. The third-order valence-corrected chi connectivity index (χ3v) is 4.10. The number of carbonyl (C=O) groups is 1. The summed E-state index contributed by atoms with van der Waals surface area (Å²) in [7, 11) is 0. The second-order valence-electron chi connectivity index (χ2n) is 5.78. The third-order valence-electron chi connectivity index (χ3n) is 4.10. The number of amides is 1. The van der Waals surface area contributed by atoms with E-state index in [1.165, 1.54) is 18.9 Å². The topological polar surface area (TPSA) is 65.2 Å². The molecule has 1 atom stereocenters. The molecule has 1 aromatic rings. The molecule has 1 aliphatic heterocycles. The van der Waals surface area contributed by atoms with Crippen LogP contribution in [0.3, 0.4) is 0 Å². The Morgan fingerprint density at radius 3 is 2.80 bits per heavy atom. The Morgan fingerprint density at radius 2 is 2.15 bits per heavy atom. The minimum absolute atomic E-state index is 0.00836. The monoisotopic (exact) mass is 275 g/mol. The summed E-state index contributed by atoms with van der Waals surface area (Å²) < 4.78 is 0. The van der Waals surface area contributed by atoms with Crippen molar-refractivity contribution in [1.29, 1.82) is 0 Å². The van der Waals surface area contributed by atoms with Crippen molar-refractivity contribution >= 4 is 5.91 Å². The fourth-order valence-corrected chi connectivity index (χ4v) is 2.84. The van der Waals surface area contributed by atoms with E-state index in [2.05, 4.69) is 10.3 Å². The number of nitrogens with one attached hydrogen (secondary N) is 2. The first-order valence-electron chi connectivity index (χ1n) is 7.47. The highest BCUT2D eigenvalue weighted by Gasteiger charge is 2.34. The van der Waals surface area contributed by atoms with Crippen molar-refractivity contribution in [3.05, 3.63) is 34.2 Å². The van der Waals surface area contributed by atoms with Gasteiger partial charge in [-0.2, -0.15) is 0 Å². The van der Waals surface area contributed by atoms with Gasteiger partial charge in [0, 0.05) is 36.5 Å². The molecular weight excluding hydrogens is 254 g/mol. The summed E-state index contributed by atoms with van der Waals surface area (Å²) in [5, 5.41) is 3.49. The van der Waals surface area contributed by atoms with Crippen LogP contribution in [0, 0.1) is 0 Å². The molecule has 1 aliphatic carbocycles. The summed E-state index contributed by atoms with van der Waals surface area (Å²) in [5.74, 6) is -0.00836. The van der Waals surface area contributed by atoms with E-state index in [9.17, 15) is 9.59 Å². The standard InChI is InChI=1S/C15H21N3O2/c19-14-9-11(6-8-17-14)15(20)18(13-4-5-13)10-12-3-1-2-7-16-12/h6,8-9,12-13,16H,1-5,7,10H2,(H,17,19). The Labute approximate surface area is 118 Å². The molecule has 0 spiro atoms. The molecule has 2 N–H and O–H groups in total. The first-order chi connectivity index (χ1) is 9.74. The van der Waals surface area contributed by atoms with Gasteiger partial charge in [-0.15, -0.1) is 0 Å². The van der Waals surface area contributed by atoms with Crippen molar-refractivity contribution in [2.24, 2.45) is 0 Å². The van der Waals surface area contributed by atoms with E-state index in [-0.39, 0.29) is 11.5 Å². The lowest BCUT2D eigenvalue weighted by atomic mass is 10.0. The predicted octanol–water partition coefficient (Wildman–Crippen LogP) is 1.12. The lowest BCUT2D eigenvalue weighted by Gasteiger charge is -2.30. The number of hydrogen-bond acceptors (Lipinski definition) is 3. The molecule has 3 rings (SSSR count). The Kier molecular flexibility index (Phi) is 3.87. The number of pyridine rings is 1. The van der Waals surface area contributed by atoms with Gasteiger partial charge in [-0.05, 0) is 38.3 Å². The maximum atomic E-state index is 12.6. The van der Waals surface area contributed by atoms with Crippen LogP contribution in [0.25, 0.3) is 0 Å². The van der Waals surface area contributed by atoms with Crippen LogP contribution >= 0.6 is 0 Å². The molecular formula is C15H21N3O2. The van der Waals surface area contributed by atoms with Crippen molar-refractivity contribution in [2.75, 3.05) is 13.1 Å². The molecule has 0 bridgehead atoms. The maximum absolute atomic E-state index is 12.6. The van der Waals surface area contributed by atoms with E-state index < -0.39 is 0 Å². The quantitative estimate of drug-likeness (QED) is 0.865. The van der Waals surface area contributed by atoms with Gasteiger partial charge < -0.3 is 15.2 Å². The highest BCUT2D eigenvalue weighted by molar-refractivity contribution is 5.94. The fourth-order valence-electron chi connectivity index (χ4n) is 2.84. The van der Waals surface area contributed by atoms with E-state index in [0.717, 1.165) is 32.4 Å². The van der Waals surface area contributed by atoms with Crippen LogP contribution in [0.15, 0.2) is 23.1 Å². The SMILES string of the molecule is O=C(c1cc[nH]c(=O)c1)N(CC1CCCCN1)C1CC1. The smallest absolute Gasteiger partial charge is 0.254 e. The molecule has 20 heavy (non-hydrogen) atoms. The summed E-state index contributed by atoms with van der Waals surface area (Å²) in [5.41, 5.74) is 0.277. The predicted molar refractivity (Wildman–Crippen MR) is 76.8 cm³/mol. The second-order valence-corrected chi connectivity index (χ2v) is 5.78. The molecule has 1 unspecified atom stereocenters. The molecule has 1 aromatic heterocycles. The molecule has 5 nitrogen and oxygen atoms in total. The first-order valence-corrected chi connectivity index (χ1v) is 7.47. The molecule has 5 heteroatoms. The van der Waals surface area contributed by atoms with E-state index in [1.807, 2.05) is 4.90 Å². The van der Waals surface area contributed by atoms with Crippen molar-refractivity contribution in [3.63, 3.8) is 0 Å². The third kappa shape index (κ3) is 3.10. The van der Waals surface area contributed by atoms with Crippen LogP contribution in [-0.2, 0) is 0 Å². The van der Waals surface area contributed by atoms with Gasteiger partial charge in [0.1, 0.15) is 0 Å². The molecule has 108 valence electrons. The van der Waals surface area contributed by atoms with E-state index in [1.54, 1.807) is 12.3 Å². The van der Waals surface area contributed by atoms with Crippen molar-refractivity contribution in [2.45, 2.75) is 44.2 Å². The van der Waals surface area contributed by atoms with Crippen LogP contribution in [0.2, 0.25) is 0 Å². The Hall–Kier alpha value is -1.62. The van der Waals surface area contributed by atoms with Gasteiger partial charge in [-0.25, -0.2) is 0 Å². The highest BCUT2D eigenvalue weighted by atomic mass is 16.2. The van der Waals surface area contributed by atoms with Gasteiger partial charge in [0.2, 0.25) is 5.56 Å². The summed E-state index contributed by atoms with van der Waals surface area (Å²) in [6, 6.07) is 3.85. The molecule has 2 fully saturated rings. The minimum Gasteiger partial charge on any atom is -0.334 e. The molecule has 1 amide bonds. The molecule has 2 aliphatic rings. The number of hydrogen-bond donors (Lipinski definition) is 2. The summed E-state index contributed by atoms with van der Waals surface area (Å²) >= 11 is 0. The Balaban J connectivity index is 1.72. The molecule has 2 heterocycles. The number of aromatic nitrogens is 1. The van der Waals surface area contributed by atoms with Crippen LogP contribution in [0.1, 0.15) is 42.5 Å². The van der Waals surface area contributed by atoms with E-state index >= 15 is 0 Å². The van der Waals surface area contributed by atoms with Crippen LogP contribution in [-0.4, -0.2) is 41.0 Å². The molecule has 1 saturated carbocycles. The molecule has 0 aromatic carbocycles. The van der Waals surface area contributed by atoms with Crippen LogP contribution in [0.5, 0.6) is 0 Å². The number of nitrogens with zero attached hydrogens (tertiary/aromatic N) is 1. The maximum Gasteiger partial charge on any atom is 0.254 e. The van der Waals surface area contributed by atoms with Gasteiger partial charge in [0.05, 0.1) is 0 Å². The first kappa shape index (κ1) is 13.4. The fraction of sp³-hybridized carbons (Fsp3) is 0.600. The Bertz CT molecular complexity index is 530. The van der Waals surface area contributed by atoms with Gasteiger partial charge >= 0.3 is 0 Å². The lowest BCUT2D eigenvalue weighted by molar-refractivity contribution is 0.0717. The average Bonchev–Trinajstić information content (AvgIpc) is 3.30. The average molecular weight is 275 g/mol. The van der Waals surface area contributed by atoms with E-state index in [0.29, 0.717) is 17.6 Å². The highest BCUT2D eigenvalue weighted by Crippen LogP contribution is 2.29. The summed E-state index contributed by atoms with van der Waals surface area (Å²) in [4.78, 5) is 28.5. The summed E-state index contributed by atoms with van der Waals surface area (Å²) in [6.07, 6.45) is 7.30. The van der Waals surface area contributed by atoms with Gasteiger partial charge in [-0.1, -0.05) is 6.42 Å². The zero-order chi connectivity index (χ0) is 13.9. The van der Waals surface area contributed by atoms with Crippen molar-refractivity contribution in [3.8, 4) is 0 Å².